The minimum absolute atomic E-state index is 0.176. The average Bonchev–Trinajstić information content (AvgIpc) is 2.45. The van der Waals surface area contributed by atoms with Gasteiger partial charge in [0.2, 0.25) is 5.91 Å². The molecule has 0 saturated carbocycles. The number of carbonyl (C=O) groups is 1. The zero-order chi connectivity index (χ0) is 16.8. The van der Waals surface area contributed by atoms with E-state index in [0.29, 0.717) is 6.42 Å². The van der Waals surface area contributed by atoms with Crippen LogP contribution in [0.1, 0.15) is 78.1 Å². The van der Waals surface area contributed by atoms with Crippen LogP contribution in [-0.4, -0.2) is 34.5 Å². The Labute approximate surface area is 133 Å². The normalized spacial score (nSPS) is 13.9. The first kappa shape index (κ1) is 21.0. The van der Waals surface area contributed by atoms with Gasteiger partial charge in [0, 0.05) is 6.42 Å². The fraction of sp³-hybridized carbons (Fsp3) is 0.938. The summed E-state index contributed by atoms with van der Waals surface area (Å²) < 4.78 is 0. The van der Waals surface area contributed by atoms with E-state index in [1.54, 1.807) is 6.92 Å². The zero-order valence-electron chi connectivity index (χ0n) is 14.0. The molecule has 0 saturated heterocycles. The molecule has 6 nitrogen and oxygen atoms in total. The van der Waals surface area contributed by atoms with Crippen LogP contribution in [0.4, 0.5) is 0 Å². The molecule has 6 heteroatoms. The Morgan fingerprint density at radius 1 is 1.00 bits per heavy atom. The molecule has 0 aliphatic rings. The summed E-state index contributed by atoms with van der Waals surface area (Å²) in [5.74, 6) is -0.176. The van der Waals surface area contributed by atoms with Gasteiger partial charge in [0.1, 0.15) is 0 Å². The maximum Gasteiger partial charge on any atom is 0.220 e. The second-order valence-corrected chi connectivity index (χ2v) is 5.94. The SMILES string of the molecule is CCCCCCCCCCCC(=O)NC(C)C(N=O)C(O)O. The van der Waals surface area contributed by atoms with Crippen molar-refractivity contribution in [1.82, 2.24) is 5.32 Å². The summed E-state index contributed by atoms with van der Waals surface area (Å²) in [5.41, 5.74) is 0. The van der Waals surface area contributed by atoms with Crippen LogP contribution < -0.4 is 5.32 Å². The number of aliphatic hydroxyl groups excluding tert-OH is 1. The van der Waals surface area contributed by atoms with E-state index in [1.165, 1.54) is 38.5 Å². The number of aliphatic hydroxyl groups is 2. The highest BCUT2D eigenvalue weighted by molar-refractivity contribution is 5.76. The second kappa shape index (κ2) is 13.6. The standard InChI is InChI=1S/C16H32N2O4/c1-3-4-5-6-7-8-9-10-11-12-14(19)17-13(2)15(18-22)16(20)21/h13,15-16,20-21H,3-12H2,1-2H3,(H,17,19). The van der Waals surface area contributed by atoms with Crippen molar-refractivity contribution in [3.8, 4) is 0 Å². The van der Waals surface area contributed by atoms with E-state index in [-0.39, 0.29) is 5.91 Å². The zero-order valence-corrected chi connectivity index (χ0v) is 14.0. The van der Waals surface area contributed by atoms with Gasteiger partial charge in [-0.25, -0.2) is 0 Å². The van der Waals surface area contributed by atoms with Crippen LogP contribution in [0.15, 0.2) is 5.18 Å². The first-order valence-electron chi connectivity index (χ1n) is 8.50. The Kier molecular flexibility index (Phi) is 13.0. The number of rotatable bonds is 14. The number of amides is 1. The van der Waals surface area contributed by atoms with Gasteiger partial charge in [-0.2, -0.15) is 4.91 Å². The number of hydrogen-bond acceptors (Lipinski definition) is 5. The van der Waals surface area contributed by atoms with E-state index in [4.69, 9.17) is 10.2 Å². The molecular formula is C16H32N2O4. The fourth-order valence-corrected chi connectivity index (χ4v) is 2.41. The molecule has 0 fully saturated rings. The summed E-state index contributed by atoms with van der Waals surface area (Å²) in [6, 6.07) is -1.91. The maximum atomic E-state index is 11.7. The Morgan fingerprint density at radius 3 is 1.95 bits per heavy atom. The van der Waals surface area contributed by atoms with Crippen molar-refractivity contribution in [2.75, 3.05) is 0 Å². The minimum Gasteiger partial charge on any atom is -0.366 e. The number of unbranched alkanes of at least 4 members (excludes halogenated alkanes) is 8. The Hall–Kier alpha value is -1.01. The van der Waals surface area contributed by atoms with Gasteiger partial charge in [-0.3, -0.25) is 4.79 Å². The minimum atomic E-state index is -1.85. The molecule has 2 atom stereocenters. The molecule has 0 rings (SSSR count). The van der Waals surface area contributed by atoms with Crippen LogP contribution in [0, 0.1) is 4.91 Å². The monoisotopic (exact) mass is 316 g/mol. The third-order valence-electron chi connectivity index (χ3n) is 3.84. The van der Waals surface area contributed by atoms with E-state index < -0.39 is 18.4 Å². The lowest BCUT2D eigenvalue weighted by Crippen LogP contribution is -2.45. The molecule has 0 aromatic heterocycles. The van der Waals surface area contributed by atoms with Crippen molar-refractivity contribution in [2.45, 2.75) is 96.4 Å². The van der Waals surface area contributed by atoms with Gasteiger partial charge in [-0.05, 0) is 13.3 Å². The second-order valence-electron chi connectivity index (χ2n) is 5.94. The third kappa shape index (κ3) is 10.7. The molecule has 0 heterocycles. The molecule has 130 valence electrons. The highest BCUT2D eigenvalue weighted by atomic mass is 16.5. The molecule has 0 radical (unpaired) electrons. The van der Waals surface area contributed by atoms with Crippen LogP contribution in [-0.2, 0) is 4.79 Å². The van der Waals surface area contributed by atoms with Crippen LogP contribution >= 0.6 is 0 Å². The first-order chi connectivity index (χ1) is 10.5. The van der Waals surface area contributed by atoms with Gasteiger partial charge in [0.05, 0.1) is 6.04 Å². The predicted molar refractivity (Wildman–Crippen MR) is 87.3 cm³/mol. The third-order valence-corrected chi connectivity index (χ3v) is 3.84. The molecule has 3 N–H and O–H groups in total. The largest absolute Gasteiger partial charge is 0.366 e. The van der Waals surface area contributed by atoms with E-state index in [2.05, 4.69) is 17.4 Å². The Bertz CT molecular complexity index is 298. The van der Waals surface area contributed by atoms with Crippen molar-refractivity contribution in [2.24, 2.45) is 5.18 Å². The topological polar surface area (TPSA) is 99.0 Å². The highest BCUT2D eigenvalue weighted by Crippen LogP contribution is 2.10. The lowest BCUT2D eigenvalue weighted by Gasteiger charge is -2.20. The molecule has 1 amide bonds. The quantitative estimate of drug-likeness (QED) is 0.261. The molecule has 0 spiro atoms. The summed E-state index contributed by atoms with van der Waals surface area (Å²) >= 11 is 0. The van der Waals surface area contributed by atoms with E-state index >= 15 is 0 Å². The Morgan fingerprint density at radius 2 is 1.50 bits per heavy atom. The van der Waals surface area contributed by atoms with Crippen molar-refractivity contribution in [1.29, 1.82) is 0 Å². The highest BCUT2D eigenvalue weighted by Gasteiger charge is 2.25. The molecule has 2 unspecified atom stereocenters. The molecule has 0 aromatic carbocycles. The van der Waals surface area contributed by atoms with Gasteiger partial charge in [0.25, 0.3) is 0 Å². The van der Waals surface area contributed by atoms with Crippen molar-refractivity contribution >= 4 is 5.91 Å². The predicted octanol–water partition coefficient (Wildman–Crippen LogP) is 2.86. The summed E-state index contributed by atoms with van der Waals surface area (Å²) in [4.78, 5) is 22.2. The summed E-state index contributed by atoms with van der Waals surface area (Å²) in [6.07, 6.45) is 9.21. The van der Waals surface area contributed by atoms with Crippen molar-refractivity contribution in [3.63, 3.8) is 0 Å². The Balaban J connectivity index is 3.59. The van der Waals surface area contributed by atoms with Gasteiger partial charge >= 0.3 is 0 Å². The number of nitroso groups, excluding NO2 is 1. The number of hydrogen-bond donors (Lipinski definition) is 3. The molecule has 0 aromatic rings. The molecule has 0 aliphatic heterocycles. The van der Waals surface area contributed by atoms with Gasteiger partial charge in [0.15, 0.2) is 12.3 Å². The van der Waals surface area contributed by atoms with Gasteiger partial charge in [-0.15, -0.1) is 0 Å². The first-order valence-corrected chi connectivity index (χ1v) is 8.50. The van der Waals surface area contributed by atoms with Crippen LogP contribution in [0.3, 0.4) is 0 Å². The van der Waals surface area contributed by atoms with Crippen molar-refractivity contribution < 1.29 is 15.0 Å². The molecule has 0 bridgehead atoms. The summed E-state index contributed by atoms with van der Waals surface area (Å²) in [6.45, 7) is 3.75. The van der Waals surface area contributed by atoms with E-state index in [9.17, 15) is 9.70 Å². The number of nitrogens with one attached hydrogen (secondary N) is 1. The number of nitrogens with zero attached hydrogens (tertiary/aromatic N) is 1. The average molecular weight is 316 g/mol. The molecular weight excluding hydrogens is 284 g/mol. The van der Waals surface area contributed by atoms with Crippen LogP contribution in [0.25, 0.3) is 0 Å². The van der Waals surface area contributed by atoms with Crippen LogP contribution in [0.5, 0.6) is 0 Å². The van der Waals surface area contributed by atoms with Gasteiger partial charge in [-0.1, -0.05) is 63.5 Å². The number of carbonyl (C=O) groups excluding carboxylic acids is 1. The van der Waals surface area contributed by atoms with Crippen molar-refractivity contribution in [3.05, 3.63) is 4.91 Å². The molecule has 22 heavy (non-hydrogen) atoms. The fourth-order valence-electron chi connectivity index (χ4n) is 2.41. The lowest BCUT2D eigenvalue weighted by atomic mass is 10.1. The van der Waals surface area contributed by atoms with E-state index in [1.807, 2.05) is 0 Å². The summed E-state index contributed by atoms with van der Waals surface area (Å²) in [5, 5.41) is 23.1. The van der Waals surface area contributed by atoms with Gasteiger partial charge < -0.3 is 15.5 Å². The molecule has 0 aliphatic carbocycles. The van der Waals surface area contributed by atoms with E-state index in [0.717, 1.165) is 19.3 Å². The maximum absolute atomic E-state index is 11.7. The smallest absolute Gasteiger partial charge is 0.220 e. The summed E-state index contributed by atoms with van der Waals surface area (Å²) in [7, 11) is 0. The van der Waals surface area contributed by atoms with Crippen LogP contribution in [0.2, 0.25) is 0 Å². The lowest BCUT2D eigenvalue weighted by molar-refractivity contribution is -0.123.